The molecule has 1 aliphatic rings. The molecule has 0 aromatic heterocycles. The lowest BCUT2D eigenvalue weighted by atomic mass is 9.69. The Hall–Kier alpha value is -2.66. The van der Waals surface area contributed by atoms with Crippen molar-refractivity contribution in [3.05, 3.63) is 69.8 Å². The number of carbonyl (C=O) groups excluding carboxylic acids is 1. The fourth-order valence-electron chi connectivity index (χ4n) is 6.19. The highest BCUT2D eigenvalue weighted by Gasteiger charge is 2.37. The lowest BCUT2D eigenvalue weighted by molar-refractivity contribution is -0.141. The first kappa shape index (κ1) is 28.9. The van der Waals surface area contributed by atoms with Crippen LogP contribution in [0, 0.1) is 19.8 Å². The van der Waals surface area contributed by atoms with Crippen molar-refractivity contribution >= 4 is 11.9 Å². The Bertz CT molecular complexity index is 1130. The highest BCUT2D eigenvalue weighted by molar-refractivity contribution is 5.97. The monoisotopic (exact) mass is 507 g/mol. The van der Waals surface area contributed by atoms with E-state index < -0.39 is 17.6 Å². The largest absolute Gasteiger partial charge is 0.480 e. The first-order valence-electron chi connectivity index (χ1n) is 13.8. The second-order valence-electron chi connectivity index (χ2n) is 11.3. The molecule has 0 spiro atoms. The van der Waals surface area contributed by atoms with Crippen molar-refractivity contribution < 1.29 is 19.8 Å². The van der Waals surface area contributed by atoms with Crippen molar-refractivity contribution in [3.63, 3.8) is 0 Å². The van der Waals surface area contributed by atoms with E-state index in [1.165, 1.54) is 41.1 Å². The minimum atomic E-state index is -1.02. The number of aliphatic carboxylic acids is 1. The Morgan fingerprint density at radius 3 is 2.00 bits per heavy atom. The van der Waals surface area contributed by atoms with Crippen LogP contribution in [0.15, 0.2) is 36.4 Å². The Kier molecular flexibility index (Phi) is 8.89. The normalized spacial score (nSPS) is 16.9. The zero-order valence-corrected chi connectivity index (χ0v) is 23.7. The average Bonchev–Trinajstić information content (AvgIpc) is 3.33. The van der Waals surface area contributed by atoms with Crippen molar-refractivity contribution in [1.82, 2.24) is 4.90 Å². The summed E-state index contributed by atoms with van der Waals surface area (Å²) in [6.45, 7) is 12.2. The molecule has 0 aliphatic heterocycles. The molecule has 0 saturated heterocycles. The molecule has 1 aliphatic carbocycles. The smallest absolute Gasteiger partial charge is 0.326 e. The quantitative estimate of drug-likeness (QED) is 0.388. The van der Waals surface area contributed by atoms with Gasteiger partial charge >= 0.3 is 5.97 Å². The molecule has 0 radical (unpaired) electrons. The van der Waals surface area contributed by atoms with Crippen LogP contribution in [0.5, 0.6) is 0 Å². The summed E-state index contributed by atoms with van der Waals surface area (Å²) in [5, 5.41) is 20.4. The predicted octanol–water partition coefficient (Wildman–Crippen LogP) is 6.44. The SMILES string of the molecule is CCC(CC)(c1ccc(CC(C)C2(O)CCCC2)c(C)c1)c1ccc(C(=O)N(C)C(C)C(=O)O)c(C)c1. The maximum atomic E-state index is 13.0. The fraction of sp³-hybridized carbons (Fsp3) is 0.562. The highest BCUT2D eigenvalue weighted by Crippen LogP contribution is 2.41. The fourth-order valence-corrected chi connectivity index (χ4v) is 6.19. The minimum Gasteiger partial charge on any atom is -0.480 e. The first-order chi connectivity index (χ1) is 17.4. The Morgan fingerprint density at radius 2 is 1.51 bits per heavy atom. The number of aryl methyl sites for hydroxylation is 2. The van der Waals surface area contributed by atoms with Crippen LogP contribution < -0.4 is 0 Å². The van der Waals surface area contributed by atoms with Crippen LogP contribution in [0.1, 0.15) is 104 Å². The molecule has 5 heteroatoms. The van der Waals surface area contributed by atoms with Gasteiger partial charge in [0.1, 0.15) is 6.04 Å². The van der Waals surface area contributed by atoms with Crippen LogP contribution in [0.3, 0.4) is 0 Å². The van der Waals surface area contributed by atoms with Gasteiger partial charge in [0.2, 0.25) is 0 Å². The third-order valence-corrected chi connectivity index (χ3v) is 9.28. The molecule has 2 aromatic rings. The Labute approximate surface area is 222 Å². The van der Waals surface area contributed by atoms with Gasteiger partial charge in [-0.15, -0.1) is 0 Å². The molecule has 1 amide bonds. The molecule has 1 saturated carbocycles. The number of aliphatic hydroxyl groups is 1. The van der Waals surface area contributed by atoms with Crippen molar-refractivity contribution in [1.29, 1.82) is 0 Å². The van der Waals surface area contributed by atoms with Gasteiger partial charge in [0, 0.05) is 18.0 Å². The number of hydrogen-bond acceptors (Lipinski definition) is 3. The number of nitrogens with zero attached hydrogens (tertiary/aromatic N) is 1. The van der Waals surface area contributed by atoms with E-state index in [4.69, 9.17) is 0 Å². The van der Waals surface area contributed by atoms with Gasteiger partial charge in [-0.25, -0.2) is 4.79 Å². The summed E-state index contributed by atoms with van der Waals surface area (Å²) >= 11 is 0. The van der Waals surface area contributed by atoms with E-state index in [0.717, 1.165) is 50.5 Å². The van der Waals surface area contributed by atoms with E-state index in [-0.39, 0.29) is 17.2 Å². The number of hydrogen-bond donors (Lipinski definition) is 2. The Morgan fingerprint density at radius 1 is 0.973 bits per heavy atom. The van der Waals surface area contributed by atoms with Crippen molar-refractivity contribution in [2.24, 2.45) is 5.92 Å². The molecule has 2 unspecified atom stereocenters. The lowest BCUT2D eigenvalue weighted by Crippen LogP contribution is -2.40. The van der Waals surface area contributed by atoms with Gasteiger partial charge in [0.05, 0.1) is 5.60 Å². The van der Waals surface area contributed by atoms with Gasteiger partial charge in [-0.05, 0) is 92.7 Å². The molecular weight excluding hydrogens is 462 g/mol. The molecule has 2 aromatic carbocycles. The van der Waals surface area contributed by atoms with Gasteiger partial charge in [-0.1, -0.05) is 63.9 Å². The van der Waals surface area contributed by atoms with Crippen molar-refractivity contribution in [2.45, 2.75) is 104 Å². The standard InChI is InChI=1S/C32H45NO4/c1-8-31(9-2,27-14-15-28(22(4)19-27)29(34)33(7)24(6)30(35)36)26-13-12-25(21(3)18-26)20-23(5)32(37)16-10-11-17-32/h12-15,18-19,23-24,37H,8-11,16-17,20H2,1-7H3,(H,35,36). The summed E-state index contributed by atoms with van der Waals surface area (Å²) < 4.78 is 0. The number of amides is 1. The second-order valence-corrected chi connectivity index (χ2v) is 11.3. The van der Waals surface area contributed by atoms with Gasteiger partial charge in [-0.3, -0.25) is 4.79 Å². The van der Waals surface area contributed by atoms with E-state index in [2.05, 4.69) is 52.0 Å². The Balaban J connectivity index is 1.92. The summed E-state index contributed by atoms with van der Waals surface area (Å²) in [5.74, 6) is -1.07. The molecule has 1 fully saturated rings. The summed E-state index contributed by atoms with van der Waals surface area (Å²) in [6.07, 6.45) is 6.76. The van der Waals surface area contributed by atoms with Gasteiger partial charge in [0.25, 0.3) is 5.91 Å². The van der Waals surface area contributed by atoms with Crippen LogP contribution in [-0.4, -0.2) is 45.7 Å². The van der Waals surface area contributed by atoms with E-state index in [1.807, 2.05) is 19.1 Å². The van der Waals surface area contributed by atoms with Crippen LogP contribution in [0.2, 0.25) is 0 Å². The number of benzene rings is 2. The minimum absolute atomic E-state index is 0.189. The molecule has 0 heterocycles. The van der Waals surface area contributed by atoms with Crippen LogP contribution in [0.4, 0.5) is 0 Å². The second kappa shape index (κ2) is 11.4. The number of carbonyl (C=O) groups is 2. The van der Waals surface area contributed by atoms with Crippen LogP contribution >= 0.6 is 0 Å². The van der Waals surface area contributed by atoms with Gasteiger partial charge < -0.3 is 15.1 Å². The summed E-state index contributed by atoms with van der Waals surface area (Å²) in [4.78, 5) is 25.7. The van der Waals surface area contributed by atoms with Crippen LogP contribution in [0.25, 0.3) is 0 Å². The third kappa shape index (κ3) is 5.62. The van der Waals surface area contributed by atoms with E-state index >= 15 is 0 Å². The molecule has 202 valence electrons. The molecule has 3 rings (SSSR count). The summed E-state index contributed by atoms with van der Waals surface area (Å²) in [6, 6.07) is 11.9. The molecule has 2 N–H and O–H groups in total. The molecular formula is C32H45NO4. The van der Waals surface area contributed by atoms with Gasteiger partial charge in [0.15, 0.2) is 0 Å². The maximum Gasteiger partial charge on any atom is 0.326 e. The summed E-state index contributed by atoms with van der Waals surface area (Å²) in [7, 11) is 1.54. The zero-order valence-electron chi connectivity index (χ0n) is 23.7. The van der Waals surface area contributed by atoms with Crippen molar-refractivity contribution in [3.8, 4) is 0 Å². The predicted molar refractivity (Wildman–Crippen MR) is 149 cm³/mol. The summed E-state index contributed by atoms with van der Waals surface area (Å²) in [5.41, 5.74) is 5.65. The average molecular weight is 508 g/mol. The lowest BCUT2D eigenvalue weighted by Gasteiger charge is -2.35. The number of likely N-dealkylation sites (N-methyl/N-ethyl adjacent to an activating group) is 1. The molecule has 37 heavy (non-hydrogen) atoms. The zero-order chi connectivity index (χ0) is 27.5. The van der Waals surface area contributed by atoms with Crippen molar-refractivity contribution in [2.75, 3.05) is 7.05 Å². The number of carboxylic acid groups (broad SMARTS) is 1. The topological polar surface area (TPSA) is 77.8 Å². The number of carboxylic acids is 1. The highest BCUT2D eigenvalue weighted by atomic mass is 16.4. The van der Waals surface area contributed by atoms with E-state index in [9.17, 15) is 19.8 Å². The van der Waals surface area contributed by atoms with Crippen LogP contribution in [-0.2, 0) is 16.6 Å². The molecule has 0 bridgehead atoms. The van der Waals surface area contributed by atoms with E-state index in [0.29, 0.717) is 5.56 Å². The third-order valence-electron chi connectivity index (χ3n) is 9.28. The van der Waals surface area contributed by atoms with E-state index in [1.54, 1.807) is 0 Å². The first-order valence-corrected chi connectivity index (χ1v) is 13.8. The maximum absolute atomic E-state index is 13.0. The molecule has 2 atom stereocenters. The number of rotatable bonds is 10. The van der Waals surface area contributed by atoms with Gasteiger partial charge in [-0.2, -0.15) is 0 Å². The molecule has 5 nitrogen and oxygen atoms in total.